The Kier molecular flexibility index (Phi) is 4.75. The molecule has 5 aliphatic rings. The fourth-order valence-electron chi connectivity index (χ4n) is 5.14. The summed E-state index contributed by atoms with van der Waals surface area (Å²) in [5.74, 6) is 3.43. The molecule has 0 atom stereocenters. The standard InChI is InChI=1S/C10H15.C5H5.2ClH.Ti/c1-7-2-9-4-8(1)5-10(3-7)6-9;1-2-4-5-3-1;;;/h7-9H,1-6H2;1-3H,4H2;2*1H;/q;;;;+2/p-2. The van der Waals surface area contributed by atoms with Crippen molar-refractivity contribution < 1.29 is 44.0 Å². The Bertz CT molecular complexity index is 337. The third kappa shape index (κ3) is 2.64. The van der Waals surface area contributed by atoms with E-state index in [9.17, 15) is 0 Å². The van der Waals surface area contributed by atoms with Crippen molar-refractivity contribution in [2.24, 2.45) is 17.8 Å². The van der Waals surface area contributed by atoms with Gasteiger partial charge in [-0.25, -0.2) is 0 Å². The fourth-order valence-corrected chi connectivity index (χ4v) is 8.66. The van der Waals surface area contributed by atoms with E-state index in [1.807, 2.05) is 3.88 Å². The molecule has 0 spiro atoms. The fraction of sp³-hybridized carbons (Fsp3) is 0.733. The molecule has 0 aromatic heterocycles. The number of allylic oxidation sites excluding steroid dienone is 4. The first-order chi connectivity index (χ1) is 7.81. The first kappa shape index (κ1) is 15.2. The van der Waals surface area contributed by atoms with Crippen molar-refractivity contribution in [1.82, 2.24) is 0 Å². The molecule has 0 N–H and O–H groups in total. The van der Waals surface area contributed by atoms with Crippen molar-refractivity contribution in [3.63, 3.8) is 0 Å². The molecule has 0 nitrogen and oxygen atoms in total. The van der Waals surface area contributed by atoms with Gasteiger partial charge in [-0.05, 0) is 0 Å². The maximum absolute atomic E-state index is 2.44. The van der Waals surface area contributed by atoms with E-state index in [0.29, 0.717) is 0 Å². The van der Waals surface area contributed by atoms with E-state index in [4.69, 9.17) is 0 Å². The Morgan fingerprint density at radius 2 is 1.50 bits per heavy atom. The Morgan fingerprint density at radius 1 is 0.944 bits per heavy atom. The third-order valence-electron chi connectivity index (χ3n) is 5.24. The van der Waals surface area contributed by atoms with Crippen LogP contribution in [-0.4, -0.2) is 0 Å². The minimum atomic E-state index is 0. The number of hydrogen-bond acceptors (Lipinski definition) is 0. The van der Waals surface area contributed by atoms with Crippen molar-refractivity contribution in [3.05, 3.63) is 22.1 Å². The minimum absolute atomic E-state index is 0. The average Bonchev–Trinajstić information content (AvgIpc) is 2.66. The van der Waals surface area contributed by atoms with Crippen LogP contribution in [0.25, 0.3) is 0 Å². The molecule has 4 fully saturated rings. The zero-order chi connectivity index (χ0) is 10.6. The van der Waals surface area contributed by atoms with Crippen LogP contribution in [0, 0.1) is 17.8 Å². The molecule has 18 heavy (non-hydrogen) atoms. The van der Waals surface area contributed by atoms with Crippen LogP contribution in [0.4, 0.5) is 0 Å². The van der Waals surface area contributed by atoms with Crippen molar-refractivity contribution in [3.8, 4) is 0 Å². The molecular weight excluding hydrogens is 299 g/mol. The average molecular weight is 319 g/mol. The van der Waals surface area contributed by atoms with Crippen LogP contribution in [0.2, 0.25) is 3.72 Å². The van der Waals surface area contributed by atoms with Crippen LogP contribution in [0.15, 0.2) is 22.1 Å². The van der Waals surface area contributed by atoms with E-state index in [-0.39, 0.29) is 44.0 Å². The maximum Gasteiger partial charge on any atom is -1.00 e. The first-order valence-corrected chi connectivity index (χ1v) is 8.51. The van der Waals surface area contributed by atoms with E-state index < -0.39 is 0 Å². The van der Waals surface area contributed by atoms with Gasteiger partial charge < -0.3 is 24.8 Å². The Hall–Kier alpha value is 0.774. The quantitative estimate of drug-likeness (QED) is 0.533. The Balaban J connectivity index is 0.000000602. The summed E-state index contributed by atoms with van der Waals surface area (Å²) in [6.07, 6.45) is 18.1. The summed E-state index contributed by atoms with van der Waals surface area (Å²) in [5, 5.41) is 0. The van der Waals surface area contributed by atoms with E-state index in [1.165, 1.54) is 6.42 Å². The second kappa shape index (κ2) is 5.64. The van der Waals surface area contributed by atoms with Gasteiger partial charge in [0.15, 0.2) is 0 Å². The summed E-state index contributed by atoms with van der Waals surface area (Å²) in [6, 6.07) is 0. The molecule has 0 radical (unpaired) electrons. The molecule has 0 aromatic carbocycles. The van der Waals surface area contributed by atoms with Gasteiger partial charge in [0.2, 0.25) is 0 Å². The minimum Gasteiger partial charge on any atom is -1.00 e. The Morgan fingerprint density at radius 3 is 1.94 bits per heavy atom. The SMILES string of the molecule is C1=CC[C]([Ti+2][C]23CC4CC(CC(C4)C2)C3)=C1.[Cl-].[Cl-]. The van der Waals surface area contributed by atoms with Crippen LogP contribution in [0.3, 0.4) is 0 Å². The largest absolute Gasteiger partial charge is 1.00 e. The summed E-state index contributed by atoms with van der Waals surface area (Å²) >= 11 is 0.190. The van der Waals surface area contributed by atoms with Gasteiger partial charge in [-0.15, -0.1) is 0 Å². The number of rotatable bonds is 2. The molecule has 0 aromatic rings. The topological polar surface area (TPSA) is 0 Å². The van der Waals surface area contributed by atoms with Crippen molar-refractivity contribution >= 4 is 0 Å². The number of halogens is 2. The van der Waals surface area contributed by atoms with Crippen LogP contribution >= 0.6 is 0 Å². The van der Waals surface area contributed by atoms with Gasteiger partial charge in [0.1, 0.15) is 0 Å². The van der Waals surface area contributed by atoms with Gasteiger partial charge in [0.05, 0.1) is 0 Å². The second-order valence-corrected chi connectivity index (χ2v) is 9.70. The summed E-state index contributed by atoms with van der Waals surface area (Å²) in [7, 11) is 0. The molecule has 0 saturated heterocycles. The van der Waals surface area contributed by atoms with E-state index in [2.05, 4.69) is 18.2 Å². The van der Waals surface area contributed by atoms with Gasteiger partial charge in [-0.2, -0.15) is 0 Å². The van der Waals surface area contributed by atoms with Gasteiger partial charge in [-0.3, -0.25) is 0 Å². The molecule has 3 heteroatoms. The summed E-state index contributed by atoms with van der Waals surface area (Å²) in [4.78, 5) is 0. The normalized spacial score (nSPS) is 42.9. The maximum atomic E-state index is 2.44. The zero-order valence-corrected chi connectivity index (χ0v) is 13.7. The van der Waals surface area contributed by atoms with Crippen molar-refractivity contribution in [2.75, 3.05) is 0 Å². The van der Waals surface area contributed by atoms with Gasteiger partial charge >= 0.3 is 108 Å². The van der Waals surface area contributed by atoms with Gasteiger partial charge in [0.25, 0.3) is 0 Å². The molecule has 0 heterocycles. The summed E-state index contributed by atoms with van der Waals surface area (Å²) in [6.45, 7) is 0. The smallest absolute Gasteiger partial charge is 1.00 e. The molecule has 5 rings (SSSR count). The third-order valence-corrected chi connectivity index (χ3v) is 8.10. The molecule has 4 saturated carbocycles. The number of hydrogen-bond donors (Lipinski definition) is 0. The summed E-state index contributed by atoms with van der Waals surface area (Å²) < 4.78 is 2.73. The van der Waals surface area contributed by atoms with E-state index in [1.54, 1.807) is 38.5 Å². The molecule has 0 aliphatic heterocycles. The zero-order valence-electron chi connectivity index (χ0n) is 10.7. The van der Waals surface area contributed by atoms with Crippen LogP contribution in [0.1, 0.15) is 44.9 Å². The van der Waals surface area contributed by atoms with Crippen LogP contribution in [-0.2, 0) is 19.2 Å². The summed E-state index contributed by atoms with van der Waals surface area (Å²) in [5.41, 5.74) is 0. The Labute approximate surface area is 132 Å². The van der Waals surface area contributed by atoms with E-state index in [0.717, 1.165) is 21.5 Å². The van der Waals surface area contributed by atoms with Gasteiger partial charge in [-0.1, -0.05) is 0 Å². The van der Waals surface area contributed by atoms with E-state index >= 15 is 0 Å². The molecule has 0 unspecified atom stereocenters. The predicted octanol–water partition coefficient (Wildman–Crippen LogP) is -1.69. The molecule has 5 aliphatic carbocycles. The van der Waals surface area contributed by atoms with Crippen LogP contribution < -0.4 is 24.8 Å². The van der Waals surface area contributed by atoms with Crippen molar-refractivity contribution in [2.45, 2.75) is 48.7 Å². The van der Waals surface area contributed by atoms with Gasteiger partial charge in [0, 0.05) is 0 Å². The molecule has 0 amide bonds. The van der Waals surface area contributed by atoms with Crippen LogP contribution in [0.5, 0.6) is 0 Å². The monoisotopic (exact) mass is 318 g/mol. The first-order valence-electron chi connectivity index (χ1n) is 6.95. The second-order valence-electron chi connectivity index (χ2n) is 6.65. The van der Waals surface area contributed by atoms with Crippen molar-refractivity contribution in [1.29, 1.82) is 0 Å². The molecule has 98 valence electrons. The molecule has 4 bridgehead atoms. The predicted molar refractivity (Wildman–Crippen MR) is 62.7 cm³/mol. The molecular formula is C15H20Cl2Ti.